The number of aromatic nitrogens is 2. The fraction of sp³-hybridized carbons (Fsp3) is 0.118. The summed E-state index contributed by atoms with van der Waals surface area (Å²) in [6, 6.07) is 18.9. The summed E-state index contributed by atoms with van der Waals surface area (Å²) in [7, 11) is 0. The molecule has 0 amide bonds. The summed E-state index contributed by atoms with van der Waals surface area (Å²) in [5.41, 5.74) is 0.941. The van der Waals surface area contributed by atoms with E-state index in [2.05, 4.69) is 4.98 Å². The van der Waals surface area contributed by atoms with Crippen LogP contribution in [0.1, 0.15) is 11.1 Å². The van der Waals surface area contributed by atoms with Crippen LogP contribution in [0, 0.1) is 5.39 Å². The maximum Gasteiger partial charge on any atom is 0.511 e. The van der Waals surface area contributed by atoms with Gasteiger partial charge in [-0.2, -0.15) is 0 Å². The molecule has 6 nitrogen and oxygen atoms in total. The Hall–Kier alpha value is -3.33. The van der Waals surface area contributed by atoms with Gasteiger partial charge in [0.25, 0.3) is 0 Å². The third-order valence-electron chi connectivity index (χ3n) is 3.64. The molecule has 0 aliphatic carbocycles. The Balaban J connectivity index is 2.07. The molecule has 0 aliphatic rings. The van der Waals surface area contributed by atoms with Gasteiger partial charge in [-0.15, -0.1) is 0 Å². The molecule has 0 saturated heterocycles. The molecule has 0 spiro atoms. The van der Waals surface area contributed by atoms with Gasteiger partial charge in [0.2, 0.25) is 5.39 Å². The molecule has 114 valence electrons. The van der Waals surface area contributed by atoms with E-state index in [1.165, 1.54) is 9.36 Å². The Labute approximate surface area is 132 Å². The normalized spacial score (nSPS) is 10.4. The molecule has 2 aromatic carbocycles. The molecule has 0 radical (unpaired) electrons. The molecule has 1 heterocycles. The molecule has 3 aromatic rings. The molecule has 6 heteroatoms. The van der Waals surface area contributed by atoms with Crippen molar-refractivity contribution in [3.63, 3.8) is 0 Å². The molecule has 0 aliphatic heterocycles. The van der Waals surface area contributed by atoms with E-state index in [0.717, 1.165) is 11.1 Å². The highest BCUT2D eigenvalue weighted by molar-refractivity contribution is 5.51. The largest absolute Gasteiger partial charge is 0.511 e. The average Bonchev–Trinajstić information content (AvgIpc) is 2.80. The number of hydrogen-bond acceptors (Lipinski definition) is 3. The number of aromatic hydroxyl groups is 1. The minimum atomic E-state index is -0.537. The van der Waals surface area contributed by atoms with E-state index in [0.29, 0.717) is 6.54 Å². The molecule has 0 fully saturated rings. The summed E-state index contributed by atoms with van der Waals surface area (Å²) in [5.74, 6) is -0.350. The zero-order valence-corrected chi connectivity index (χ0v) is 12.3. The third-order valence-corrected chi connectivity index (χ3v) is 3.64. The fourth-order valence-corrected chi connectivity index (χ4v) is 2.48. The van der Waals surface area contributed by atoms with E-state index < -0.39 is 5.56 Å². The van der Waals surface area contributed by atoms with Crippen LogP contribution in [0.15, 0.2) is 65.5 Å². The van der Waals surface area contributed by atoms with Crippen molar-refractivity contribution in [1.82, 2.24) is 9.36 Å². The Kier molecular flexibility index (Phi) is 3.93. The van der Waals surface area contributed by atoms with E-state index in [1.54, 1.807) is 0 Å². The summed E-state index contributed by atoms with van der Waals surface area (Å²) in [6.07, 6.45) is 0. The highest BCUT2D eigenvalue weighted by Crippen LogP contribution is 2.24. The van der Waals surface area contributed by atoms with Gasteiger partial charge in [0.15, 0.2) is 4.98 Å². The number of benzene rings is 2. The van der Waals surface area contributed by atoms with Crippen LogP contribution in [0.3, 0.4) is 0 Å². The topological polar surface area (TPSA) is 75.3 Å². The van der Waals surface area contributed by atoms with Gasteiger partial charge in [0.1, 0.15) is 0 Å². The summed E-state index contributed by atoms with van der Waals surface area (Å²) >= 11 is 0. The van der Waals surface area contributed by atoms with Crippen LogP contribution in [0.4, 0.5) is 5.69 Å². The molecule has 0 unspecified atom stereocenters. The number of hydrogen-bond donors (Lipinski definition) is 1. The lowest BCUT2D eigenvalue weighted by Crippen LogP contribution is -2.24. The highest BCUT2D eigenvalue weighted by atomic mass is 16.3. The van der Waals surface area contributed by atoms with Crippen LogP contribution >= 0.6 is 0 Å². The first-order valence-corrected chi connectivity index (χ1v) is 7.16. The molecule has 0 saturated carbocycles. The predicted molar refractivity (Wildman–Crippen MR) is 86.2 cm³/mol. The predicted octanol–water partition coefficient (Wildman–Crippen LogP) is 2.94. The lowest BCUT2D eigenvalue weighted by molar-refractivity contribution is 0.376. The maximum absolute atomic E-state index is 12.4. The van der Waals surface area contributed by atoms with Crippen LogP contribution in [0.5, 0.6) is 5.88 Å². The van der Waals surface area contributed by atoms with Crippen LogP contribution < -0.4 is 5.56 Å². The second kappa shape index (κ2) is 6.20. The number of nitrogens with zero attached hydrogens (tertiary/aromatic N) is 4. The lowest BCUT2D eigenvalue weighted by atomic mass is 10.2. The van der Waals surface area contributed by atoms with Gasteiger partial charge >= 0.3 is 17.1 Å². The monoisotopic (exact) mass is 307 g/mol. The van der Waals surface area contributed by atoms with Gasteiger partial charge in [0, 0.05) is 0 Å². The van der Waals surface area contributed by atoms with E-state index >= 15 is 0 Å². The highest BCUT2D eigenvalue weighted by Gasteiger charge is 2.30. The zero-order chi connectivity index (χ0) is 16.2. The summed E-state index contributed by atoms with van der Waals surface area (Å²) in [4.78, 5) is 15.3. The first-order valence-electron chi connectivity index (χ1n) is 7.16. The summed E-state index contributed by atoms with van der Waals surface area (Å²) in [5, 5.41) is 19.2. The van der Waals surface area contributed by atoms with E-state index in [9.17, 15) is 9.90 Å². The summed E-state index contributed by atoms with van der Waals surface area (Å²) in [6.45, 7) is 0.569. The van der Waals surface area contributed by atoms with Crippen LogP contribution in [0.25, 0.3) is 4.98 Å². The molecule has 3 rings (SSSR count). The Morgan fingerprint density at radius 2 is 1.35 bits per heavy atom. The molecular formula is C17H15N4O2+. The van der Waals surface area contributed by atoms with Crippen molar-refractivity contribution in [2.24, 2.45) is 0 Å². The van der Waals surface area contributed by atoms with Crippen LogP contribution in [0.2, 0.25) is 0 Å². The minimum Gasteiger partial charge on any atom is -0.488 e. The second-order valence-electron chi connectivity index (χ2n) is 5.16. The molecule has 23 heavy (non-hydrogen) atoms. The quantitative estimate of drug-likeness (QED) is 0.753. The van der Waals surface area contributed by atoms with Crippen molar-refractivity contribution in [3.05, 3.63) is 87.1 Å². The molecule has 1 aromatic heterocycles. The first-order chi connectivity index (χ1) is 11.2. The van der Waals surface area contributed by atoms with Crippen molar-refractivity contribution in [2.75, 3.05) is 0 Å². The van der Waals surface area contributed by atoms with Gasteiger partial charge in [-0.3, -0.25) is 4.79 Å². The SMILES string of the molecule is N#[N+]c1c(O)n(Cc2ccccc2)n(Cc2ccccc2)c1=O. The molecule has 1 N–H and O–H groups in total. The lowest BCUT2D eigenvalue weighted by Gasteiger charge is -2.11. The van der Waals surface area contributed by atoms with Crippen LogP contribution in [-0.4, -0.2) is 14.5 Å². The van der Waals surface area contributed by atoms with Crippen molar-refractivity contribution >= 4 is 5.69 Å². The van der Waals surface area contributed by atoms with Crippen molar-refractivity contribution in [1.29, 1.82) is 5.39 Å². The van der Waals surface area contributed by atoms with E-state index in [1.807, 2.05) is 60.7 Å². The molecular weight excluding hydrogens is 292 g/mol. The van der Waals surface area contributed by atoms with E-state index in [-0.39, 0.29) is 18.1 Å². The van der Waals surface area contributed by atoms with Crippen LogP contribution in [-0.2, 0) is 13.1 Å². The van der Waals surface area contributed by atoms with Crippen molar-refractivity contribution in [3.8, 4) is 5.88 Å². The summed E-state index contributed by atoms with van der Waals surface area (Å²) < 4.78 is 2.78. The Morgan fingerprint density at radius 3 is 1.83 bits per heavy atom. The number of diazo groups is 1. The molecule has 0 bridgehead atoms. The first kappa shape index (κ1) is 14.6. The van der Waals surface area contributed by atoms with Gasteiger partial charge in [-0.1, -0.05) is 60.7 Å². The third kappa shape index (κ3) is 2.85. The van der Waals surface area contributed by atoms with Gasteiger partial charge in [0.05, 0.1) is 13.1 Å². The molecule has 0 atom stereocenters. The zero-order valence-electron chi connectivity index (χ0n) is 12.3. The van der Waals surface area contributed by atoms with E-state index in [4.69, 9.17) is 5.39 Å². The fourth-order valence-electron chi connectivity index (χ4n) is 2.48. The van der Waals surface area contributed by atoms with Gasteiger partial charge < -0.3 is 5.11 Å². The maximum atomic E-state index is 12.4. The minimum absolute atomic E-state index is 0.273. The van der Waals surface area contributed by atoms with Gasteiger partial charge in [-0.05, 0) is 11.1 Å². The van der Waals surface area contributed by atoms with Crippen molar-refractivity contribution in [2.45, 2.75) is 13.1 Å². The van der Waals surface area contributed by atoms with Crippen molar-refractivity contribution < 1.29 is 5.11 Å². The standard InChI is InChI=1S/C17H14N4O2/c18-19-15-16(22)20(11-13-7-3-1-4-8-13)21(17(15)23)12-14-9-5-2-6-10-14/h1-10H,11-12H2/p+1. The number of rotatable bonds is 4. The average molecular weight is 307 g/mol. The van der Waals surface area contributed by atoms with Gasteiger partial charge in [-0.25, -0.2) is 9.36 Å². The Morgan fingerprint density at radius 1 is 0.870 bits per heavy atom. The second-order valence-corrected chi connectivity index (χ2v) is 5.16. The Bertz CT molecular complexity index is 906. The smallest absolute Gasteiger partial charge is 0.488 e.